The van der Waals surface area contributed by atoms with Gasteiger partial charge in [0.05, 0.1) is 12.5 Å². The fraction of sp³-hybridized carbons (Fsp3) is 0.467. The van der Waals surface area contributed by atoms with E-state index in [9.17, 15) is 9.59 Å². The van der Waals surface area contributed by atoms with Gasteiger partial charge in [-0.25, -0.2) is 0 Å². The van der Waals surface area contributed by atoms with Crippen LogP contribution in [0, 0.1) is 5.92 Å². The molecule has 20 heavy (non-hydrogen) atoms. The minimum atomic E-state index is -0.326. The third-order valence-corrected chi connectivity index (χ3v) is 3.51. The molecule has 5 nitrogen and oxygen atoms in total. The first-order chi connectivity index (χ1) is 9.66. The van der Waals surface area contributed by atoms with Crippen LogP contribution in [0.5, 0.6) is 0 Å². The molecular formula is C15H20N2O3. The molecule has 108 valence electrons. The number of carbonyl (C=O) groups is 2. The molecule has 0 saturated carbocycles. The van der Waals surface area contributed by atoms with Gasteiger partial charge in [0, 0.05) is 13.1 Å². The van der Waals surface area contributed by atoms with Crippen molar-refractivity contribution in [1.29, 1.82) is 0 Å². The predicted molar refractivity (Wildman–Crippen MR) is 74.6 cm³/mol. The highest BCUT2D eigenvalue weighted by Gasteiger charge is 2.26. The van der Waals surface area contributed by atoms with Crippen LogP contribution in [0.3, 0.4) is 0 Å². The third-order valence-electron chi connectivity index (χ3n) is 3.51. The monoisotopic (exact) mass is 276 g/mol. The molecule has 1 aliphatic heterocycles. The first-order valence-electron chi connectivity index (χ1n) is 6.85. The summed E-state index contributed by atoms with van der Waals surface area (Å²) in [7, 11) is 0. The average Bonchev–Trinajstić information content (AvgIpc) is 2.48. The zero-order chi connectivity index (χ0) is 14.4. The largest absolute Gasteiger partial charge is 0.369 e. The second-order valence-corrected chi connectivity index (χ2v) is 5.06. The molecule has 2 N–H and O–H groups in total. The summed E-state index contributed by atoms with van der Waals surface area (Å²) in [5, 5.41) is 0. The van der Waals surface area contributed by atoms with E-state index in [1.54, 1.807) is 4.90 Å². The van der Waals surface area contributed by atoms with Gasteiger partial charge in [-0.2, -0.15) is 0 Å². The highest BCUT2D eigenvalue weighted by Crippen LogP contribution is 2.16. The second kappa shape index (κ2) is 7.05. The summed E-state index contributed by atoms with van der Waals surface area (Å²) in [6.07, 6.45) is 1.59. The van der Waals surface area contributed by atoms with Crippen molar-refractivity contribution in [3.8, 4) is 0 Å². The number of likely N-dealkylation sites (tertiary alicyclic amines) is 1. The Morgan fingerprint density at radius 2 is 2.05 bits per heavy atom. The topological polar surface area (TPSA) is 72.6 Å². The van der Waals surface area contributed by atoms with Crippen molar-refractivity contribution < 1.29 is 14.3 Å². The zero-order valence-electron chi connectivity index (χ0n) is 11.5. The molecule has 0 radical (unpaired) electrons. The Labute approximate surface area is 118 Å². The Morgan fingerprint density at radius 1 is 1.30 bits per heavy atom. The maximum atomic E-state index is 12.0. The van der Waals surface area contributed by atoms with Gasteiger partial charge in [-0.15, -0.1) is 0 Å². The third kappa shape index (κ3) is 4.06. The van der Waals surface area contributed by atoms with Crippen LogP contribution >= 0.6 is 0 Å². The van der Waals surface area contributed by atoms with Crippen LogP contribution in [-0.2, 0) is 20.9 Å². The lowest BCUT2D eigenvalue weighted by molar-refractivity contribution is -0.139. The van der Waals surface area contributed by atoms with Crippen molar-refractivity contribution in [3.05, 3.63) is 35.9 Å². The zero-order valence-corrected chi connectivity index (χ0v) is 11.5. The van der Waals surface area contributed by atoms with E-state index in [0.29, 0.717) is 19.7 Å². The number of ether oxygens (including phenoxy) is 1. The Kier molecular flexibility index (Phi) is 5.12. The molecule has 2 amide bonds. The van der Waals surface area contributed by atoms with Crippen molar-refractivity contribution in [2.24, 2.45) is 11.7 Å². The number of nitrogens with two attached hydrogens (primary N) is 1. The van der Waals surface area contributed by atoms with Crippen LogP contribution in [-0.4, -0.2) is 36.4 Å². The molecule has 1 saturated heterocycles. The van der Waals surface area contributed by atoms with Crippen molar-refractivity contribution in [2.75, 3.05) is 19.7 Å². The summed E-state index contributed by atoms with van der Waals surface area (Å²) in [5.41, 5.74) is 6.33. The Hall–Kier alpha value is -1.88. The van der Waals surface area contributed by atoms with Gasteiger partial charge in [-0.1, -0.05) is 30.3 Å². The van der Waals surface area contributed by atoms with Gasteiger partial charge in [-0.3, -0.25) is 9.59 Å². The number of nitrogens with zero attached hydrogens (tertiary/aromatic N) is 1. The summed E-state index contributed by atoms with van der Waals surface area (Å²) in [6.45, 7) is 1.56. The van der Waals surface area contributed by atoms with Crippen LogP contribution in [0.2, 0.25) is 0 Å². The Morgan fingerprint density at radius 3 is 2.75 bits per heavy atom. The second-order valence-electron chi connectivity index (χ2n) is 5.06. The lowest BCUT2D eigenvalue weighted by Gasteiger charge is -2.31. The molecule has 1 fully saturated rings. The number of piperidine rings is 1. The molecule has 0 bridgehead atoms. The first kappa shape index (κ1) is 14.5. The summed E-state index contributed by atoms with van der Waals surface area (Å²) in [4.78, 5) is 24.9. The van der Waals surface area contributed by atoms with E-state index in [-0.39, 0.29) is 24.3 Å². The van der Waals surface area contributed by atoms with Crippen LogP contribution in [0.1, 0.15) is 18.4 Å². The SMILES string of the molecule is NC(=O)[C@H]1CCCN(C(=O)COCc2ccccc2)C1. The van der Waals surface area contributed by atoms with Gasteiger partial charge in [0.25, 0.3) is 0 Å². The fourth-order valence-electron chi connectivity index (χ4n) is 2.36. The smallest absolute Gasteiger partial charge is 0.248 e. The molecule has 1 aromatic rings. The highest BCUT2D eigenvalue weighted by molar-refractivity contribution is 5.80. The molecule has 0 spiro atoms. The molecule has 2 rings (SSSR count). The predicted octanol–water partition coefficient (Wildman–Crippen LogP) is 0.927. The first-order valence-corrected chi connectivity index (χ1v) is 6.85. The molecule has 1 aromatic carbocycles. The molecule has 0 aromatic heterocycles. The Balaban J connectivity index is 1.75. The number of rotatable bonds is 5. The number of amides is 2. The molecule has 5 heteroatoms. The number of primary amides is 1. The van der Waals surface area contributed by atoms with E-state index in [0.717, 1.165) is 18.4 Å². The van der Waals surface area contributed by atoms with E-state index in [4.69, 9.17) is 10.5 Å². The summed E-state index contributed by atoms with van der Waals surface area (Å²) >= 11 is 0. The van der Waals surface area contributed by atoms with Gasteiger partial charge >= 0.3 is 0 Å². The number of hydrogen-bond acceptors (Lipinski definition) is 3. The van der Waals surface area contributed by atoms with E-state index >= 15 is 0 Å². The van der Waals surface area contributed by atoms with Crippen molar-refractivity contribution in [3.63, 3.8) is 0 Å². The van der Waals surface area contributed by atoms with E-state index in [1.165, 1.54) is 0 Å². The fourth-order valence-corrected chi connectivity index (χ4v) is 2.36. The lowest BCUT2D eigenvalue weighted by atomic mass is 9.97. The van der Waals surface area contributed by atoms with Crippen LogP contribution in [0.15, 0.2) is 30.3 Å². The minimum Gasteiger partial charge on any atom is -0.369 e. The van der Waals surface area contributed by atoms with Crippen molar-refractivity contribution in [1.82, 2.24) is 4.90 Å². The minimum absolute atomic E-state index is 0.0420. The van der Waals surface area contributed by atoms with Gasteiger partial charge in [0.1, 0.15) is 6.61 Å². The van der Waals surface area contributed by atoms with Crippen LogP contribution in [0.4, 0.5) is 0 Å². The van der Waals surface area contributed by atoms with Gasteiger partial charge in [0.2, 0.25) is 11.8 Å². The molecule has 1 heterocycles. The Bertz CT molecular complexity index is 461. The molecule has 0 unspecified atom stereocenters. The van der Waals surface area contributed by atoms with E-state index in [2.05, 4.69) is 0 Å². The summed E-state index contributed by atoms with van der Waals surface area (Å²) < 4.78 is 5.42. The molecular weight excluding hydrogens is 256 g/mol. The molecule has 1 atom stereocenters. The highest BCUT2D eigenvalue weighted by atomic mass is 16.5. The number of carbonyl (C=O) groups excluding carboxylic acids is 2. The molecule has 1 aliphatic rings. The van der Waals surface area contributed by atoms with Crippen molar-refractivity contribution >= 4 is 11.8 Å². The molecule has 0 aliphatic carbocycles. The van der Waals surface area contributed by atoms with Gasteiger partial charge in [0.15, 0.2) is 0 Å². The van der Waals surface area contributed by atoms with E-state index in [1.807, 2.05) is 30.3 Å². The van der Waals surface area contributed by atoms with Crippen LogP contribution in [0.25, 0.3) is 0 Å². The summed E-state index contributed by atoms with van der Waals surface area (Å²) in [5.74, 6) is -0.624. The maximum absolute atomic E-state index is 12.0. The van der Waals surface area contributed by atoms with Gasteiger partial charge in [-0.05, 0) is 18.4 Å². The number of hydrogen-bond donors (Lipinski definition) is 1. The maximum Gasteiger partial charge on any atom is 0.248 e. The number of benzene rings is 1. The van der Waals surface area contributed by atoms with Crippen molar-refractivity contribution in [2.45, 2.75) is 19.4 Å². The standard InChI is InChI=1S/C15H20N2O3/c16-15(19)13-7-4-8-17(9-13)14(18)11-20-10-12-5-2-1-3-6-12/h1-3,5-6,13H,4,7-11H2,(H2,16,19)/t13-/m0/s1. The van der Waals surface area contributed by atoms with E-state index < -0.39 is 0 Å². The quantitative estimate of drug-likeness (QED) is 0.869. The average molecular weight is 276 g/mol. The normalized spacial score (nSPS) is 18.8. The van der Waals surface area contributed by atoms with Gasteiger partial charge < -0.3 is 15.4 Å². The van der Waals surface area contributed by atoms with Crippen LogP contribution < -0.4 is 5.73 Å². The summed E-state index contributed by atoms with van der Waals surface area (Å²) in [6, 6.07) is 9.71. The lowest BCUT2D eigenvalue weighted by Crippen LogP contribution is -2.45.